The highest BCUT2D eigenvalue weighted by Gasteiger charge is 2.47. The van der Waals surface area contributed by atoms with E-state index in [1.807, 2.05) is 0 Å². The topological polar surface area (TPSA) is 425 Å². The molecule has 0 aromatic heterocycles. The molecule has 0 aliphatic carbocycles. The Kier molecular flexibility index (Phi) is 32.0. The number of nitrogens with one attached hydrogen (secondary N) is 6. The third-order valence-electron chi connectivity index (χ3n) is 10.9. The highest BCUT2D eigenvalue weighted by molar-refractivity contribution is 7.83. The van der Waals surface area contributed by atoms with Crippen LogP contribution in [0.15, 0.2) is 13.5 Å². The molecule has 1 rings (SSSR count). The van der Waals surface area contributed by atoms with Crippen molar-refractivity contribution in [3.05, 3.63) is 0 Å². The van der Waals surface area contributed by atoms with E-state index in [-0.39, 0.29) is 0 Å². The molecule has 1 aliphatic heterocycles. The third-order valence-corrected chi connectivity index (χ3v) is 21.1. The van der Waals surface area contributed by atoms with Gasteiger partial charge in [0, 0.05) is 38.5 Å². The summed E-state index contributed by atoms with van der Waals surface area (Å²) in [6.45, 7) is 0. The molecule has 36 heteroatoms. The Morgan fingerprint density at radius 2 is 0.385 bits per heavy atom. The number of nitrogens with zero attached hydrogens (tertiary/aromatic N) is 3. The molecular weight excluding hydrogens is 1110 g/mol. The maximum atomic E-state index is 14.0. The van der Waals surface area contributed by atoms with Crippen LogP contribution in [0, 0.1) is 0 Å². The van der Waals surface area contributed by atoms with Gasteiger partial charge < -0.3 is 56.8 Å². The normalized spacial score (nSPS) is 19.7. The molecule has 0 saturated carbocycles. The summed E-state index contributed by atoms with van der Waals surface area (Å²) in [5, 5.41) is 17.7. The second-order valence-corrected chi connectivity index (χ2v) is 23.3. The van der Waals surface area contributed by atoms with Gasteiger partial charge in [0.1, 0.15) is 36.3 Å². The van der Waals surface area contributed by atoms with Crippen LogP contribution in [0.1, 0.15) is 77.0 Å². The Morgan fingerprint density at radius 1 is 0.256 bits per heavy atom. The minimum Gasteiger partial charge on any atom is -0.469 e. The van der Waals surface area contributed by atoms with Gasteiger partial charge in [0.05, 0.1) is 85.3 Å². The van der Waals surface area contributed by atoms with Gasteiger partial charge >= 0.3 is 71.6 Å². The summed E-state index contributed by atoms with van der Waals surface area (Å²) >= 11 is 0. The van der Waals surface area contributed by atoms with Crippen LogP contribution in [0.5, 0.6) is 0 Å². The SMILES string of the molecule is COC(=O)CCC(NP1(NC(CCC(=O)OC)C(=O)OC)=NP(NC(CCC(=O)OC)C(=O)OC)(NC(CCC(=O)OC)C(=O)OC)=NP(NC(CCC(=O)OC)C(=O)OC)(NC(CCC(=O)OC)C(=O)OC)=N1)C(=O)OC. The number of esters is 12. The number of hydrogen-bond donors (Lipinski definition) is 6. The molecule has 78 heavy (non-hydrogen) atoms. The average Bonchev–Trinajstić information content (AvgIpc) is 3.47. The van der Waals surface area contributed by atoms with Gasteiger partial charge in [-0.05, 0) is 38.5 Å². The lowest BCUT2D eigenvalue weighted by molar-refractivity contribution is -0.146. The van der Waals surface area contributed by atoms with Gasteiger partial charge in [0.2, 0.25) is 22.5 Å². The predicted octanol–water partition coefficient (Wildman–Crippen LogP) is 0.345. The molecule has 0 bridgehead atoms. The molecule has 0 fully saturated rings. The summed E-state index contributed by atoms with van der Waals surface area (Å²) in [6.07, 6.45) is -6.30. The van der Waals surface area contributed by atoms with Crippen molar-refractivity contribution >= 4 is 94.2 Å². The Hall–Kier alpha value is -5.91. The van der Waals surface area contributed by atoms with Crippen LogP contribution in [0.25, 0.3) is 0 Å². The highest BCUT2D eigenvalue weighted by atomic mass is 31.3. The molecule has 0 saturated heterocycles. The maximum absolute atomic E-state index is 14.0. The summed E-state index contributed by atoms with van der Waals surface area (Å²) in [5.74, 6) is -11.9. The van der Waals surface area contributed by atoms with Gasteiger partial charge in [-0.1, -0.05) is 0 Å². The summed E-state index contributed by atoms with van der Waals surface area (Å²) in [5.41, 5.74) is 0. The number of hydrogen-bond acceptors (Lipinski definition) is 33. The van der Waals surface area contributed by atoms with Crippen molar-refractivity contribution in [1.29, 1.82) is 0 Å². The quantitative estimate of drug-likeness (QED) is 0.0280. The summed E-state index contributed by atoms with van der Waals surface area (Å²) in [4.78, 5) is 161. The van der Waals surface area contributed by atoms with Gasteiger partial charge in [-0.3, -0.25) is 57.5 Å². The van der Waals surface area contributed by atoms with Crippen molar-refractivity contribution in [3.8, 4) is 0 Å². The van der Waals surface area contributed by atoms with E-state index in [1.54, 1.807) is 0 Å². The highest BCUT2D eigenvalue weighted by Crippen LogP contribution is 2.72. The lowest BCUT2D eigenvalue weighted by atomic mass is 10.2. The number of carbonyl (C=O) groups is 12. The largest absolute Gasteiger partial charge is 0.469 e. The monoisotopic (exact) mass is 1180 g/mol. The molecule has 6 atom stereocenters. The zero-order valence-electron chi connectivity index (χ0n) is 45.4. The van der Waals surface area contributed by atoms with Crippen LogP contribution in [0.4, 0.5) is 0 Å². The number of ether oxygens (including phenoxy) is 12. The standard InChI is InChI=1S/C42H72N9O24P3/c1-64-31(52)19-13-25(37(58)70-7)43-76(44-26(38(59)71-8)14-20-32(53)65-2)49-77(45-27(39(60)72-9)15-21-33(54)66-3,46-28(40(61)73-10)16-22-34(55)67-4)51-78(50-76,47-29(41(62)74-11)17-23-35(56)68-5)48-30(42(63)75-12)18-24-36(57)69-6/h25-30,43-48H,13-24H2,1-12H3. The number of methoxy groups -OCH3 is 12. The first kappa shape index (κ1) is 70.1. The van der Waals surface area contributed by atoms with E-state index in [2.05, 4.69) is 30.5 Å². The van der Waals surface area contributed by atoms with Gasteiger partial charge in [-0.2, -0.15) is 13.5 Å². The molecular formula is C42H72N9O24P3. The van der Waals surface area contributed by atoms with Crippen molar-refractivity contribution in [1.82, 2.24) is 30.5 Å². The van der Waals surface area contributed by atoms with Crippen molar-refractivity contribution in [2.45, 2.75) is 113 Å². The van der Waals surface area contributed by atoms with Crippen LogP contribution in [0.3, 0.4) is 0 Å². The predicted molar refractivity (Wildman–Crippen MR) is 269 cm³/mol. The molecule has 1 aliphatic rings. The molecule has 6 unspecified atom stereocenters. The fourth-order valence-corrected chi connectivity index (χ4v) is 19.4. The van der Waals surface area contributed by atoms with E-state index in [0.717, 1.165) is 85.3 Å². The first-order chi connectivity index (χ1) is 36.9. The van der Waals surface area contributed by atoms with E-state index in [0.29, 0.717) is 0 Å². The molecule has 0 aromatic carbocycles. The number of carbonyl (C=O) groups excluding carboxylic acids is 12. The Labute approximate surface area is 450 Å². The zero-order chi connectivity index (χ0) is 59.2. The van der Waals surface area contributed by atoms with Gasteiger partial charge in [0.25, 0.3) is 0 Å². The third kappa shape index (κ3) is 23.2. The Morgan fingerprint density at radius 3 is 0.487 bits per heavy atom. The average molecular weight is 1180 g/mol. The smallest absolute Gasteiger partial charge is 0.323 e. The van der Waals surface area contributed by atoms with E-state index in [4.69, 9.17) is 70.4 Å². The van der Waals surface area contributed by atoms with E-state index < -0.39 is 207 Å². The van der Waals surface area contributed by atoms with Crippen LogP contribution in [-0.2, 0) is 114 Å². The van der Waals surface area contributed by atoms with Crippen LogP contribution in [0.2, 0.25) is 0 Å². The zero-order valence-corrected chi connectivity index (χ0v) is 48.1. The van der Waals surface area contributed by atoms with E-state index >= 15 is 0 Å². The lowest BCUT2D eigenvalue weighted by Gasteiger charge is -2.42. The fourth-order valence-electron chi connectivity index (χ4n) is 6.79. The first-order valence-electron chi connectivity index (χ1n) is 23.4. The lowest BCUT2D eigenvalue weighted by Crippen LogP contribution is -2.48. The van der Waals surface area contributed by atoms with E-state index in [9.17, 15) is 57.5 Å². The molecule has 6 N–H and O–H groups in total. The molecule has 1 heterocycles. The minimum atomic E-state index is -4.95. The van der Waals surface area contributed by atoms with Crippen LogP contribution in [-0.4, -0.2) is 193 Å². The number of rotatable bonds is 36. The Bertz CT molecular complexity index is 1920. The Balaban J connectivity index is 5.50. The van der Waals surface area contributed by atoms with Gasteiger partial charge in [-0.15, -0.1) is 0 Å². The van der Waals surface area contributed by atoms with Crippen molar-refractivity contribution in [2.24, 2.45) is 13.5 Å². The first-order valence-corrected chi connectivity index (χ1v) is 28.5. The molecule has 0 aromatic rings. The molecule has 0 radical (unpaired) electrons. The van der Waals surface area contributed by atoms with Crippen molar-refractivity contribution in [3.63, 3.8) is 0 Å². The molecule has 33 nitrogen and oxygen atoms in total. The van der Waals surface area contributed by atoms with Gasteiger partial charge in [-0.25, -0.2) is 30.5 Å². The van der Waals surface area contributed by atoms with Crippen molar-refractivity contribution < 1.29 is 114 Å². The van der Waals surface area contributed by atoms with Crippen LogP contribution >= 0.6 is 22.5 Å². The van der Waals surface area contributed by atoms with E-state index in [1.165, 1.54) is 0 Å². The second-order valence-electron chi connectivity index (χ2n) is 16.0. The molecule has 444 valence electrons. The summed E-state index contributed by atoms with van der Waals surface area (Å²) in [6, 6.07) is -10.6. The summed E-state index contributed by atoms with van der Waals surface area (Å²) < 4.78 is 75.2. The van der Waals surface area contributed by atoms with Gasteiger partial charge in [0.15, 0.2) is 0 Å². The minimum absolute atomic E-state index is 0.518. The molecule has 0 amide bonds. The van der Waals surface area contributed by atoms with Crippen molar-refractivity contribution in [2.75, 3.05) is 85.3 Å². The fraction of sp³-hybridized carbons (Fsp3) is 0.714. The molecule has 0 spiro atoms. The maximum Gasteiger partial charge on any atom is 0.323 e. The summed E-state index contributed by atoms with van der Waals surface area (Å²) in [7, 11) is -2.63. The van der Waals surface area contributed by atoms with Crippen LogP contribution < -0.4 is 30.5 Å². The second kappa shape index (κ2) is 35.6.